The van der Waals surface area contributed by atoms with Crippen molar-refractivity contribution in [1.29, 1.82) is 0 Å². The Morgan fingerprint density at radius 1 is 1.06 bits per heavy atom. The first-order valence-corrected chi connectivity index (χ1v) is 12.1. The van der Waals surface area contributed by atoms with Gasteiger partial charge in [0.2, 0.25) is 0 Å². The van der Waals surface area contributed by atoms with E-state index in [-0.39, 0.29) is 24.2 Å². The Kier molecular flexibility index (Phi) is 7.75. The molecular formula is C25H36N4O4. The van der Waals surface area contributed by atoms with E-state index in [2.05, 4.69) is 15.2 Å². The molecule has 0 radical (unpaired) electrons. The maximum Gasteiger partial charge on any atom is 0.317 e. The van der Waals surface area contributed by atoms with Crippen LogP contribution in [0.5, 0.6) is 11.5 Å². The smallest absolute Gasteiger partial charge is 0.317 e. The number of methoxy groups -OCH3 is 2. The summed E-state index contributed by atoms with van der Waals surface area (Å²) in [7, 11) is 3.16. The van der Waals surface area contributed by atoms with Crippen molar-refractivity contribution in [2.24, 2.45) is 0 Å². The Labute approximate surface area is 195 Å². The van der Waals surface area contributed by atoms with Crippen LogP contribution in [0.25, 0.3) is 10.9 Å². The molecule has 0 bridgehead atoms. The van der Waals surface area contributed by atoms with Crippen LogP contribution in [0.1, 0.15) is 50.5 Å². The van der Waals surface area contributed by atoms with Gasteiger partial charge in [0.15, 0.2) is 11.5 Å². The second kappa shape index (κ2) is 10.9. The lowest BCUT2D eigenvalue weighted by Crippen LogP contribution is -2.47. The van der Waals surface area contributed by atoms with Crippen molar-refractivity contribution in [2.75, 3.05) is 40.4 Å². The van der Waals surface area contributed by atoms with E-state index < -0.39 is 0 Å². The molecule has 8 heteroatoms. The van der Waals surface area contributed by atoms with Crippen molar-refractivity contribution in [2.45, 2.75) is 57.5 Å². The zero-order valence-corrected chi connectivity index (χ0v) is 19.8. The summed E-state index contributed by atoms with van der Waals surface area (Å²) in [6, 6.07) is 5.62. The molecule has 0 atom stereocenters. The van der Waals surface area contributed by atoms with Gasteiger partial charge in [-0.15, -0.1) is 0 Å². The number of H-pyrrole nitrogens is 1. The van der Waals surface area contributed by atoms with E-state index in [1.54, 1.807) is 25.2 Å². The number of fused-ring (bicyclic) bond motifs is 1. The first-order valence-electron chi connectivity index (χ1n) is 12.1. The number of pyridine rings is 1. The van der Waals surface area contributed by atoms with Crippen LogP contribution in [0, 0.1) is 0 Å². The fourth-order valence-corrected chi connectivity index (χ4v) is 4.93. The maximum atomic E-state index is 13.2. The van der Waals surface area contributed by atoms with Crippen LogP contribution >= 0.6 is 0 Å². The standard InChI is InChI=1S/C25H36N4O4/c1-32-22-15-18-14-19(24(30)27-21(18)16-23(22)33-2)17-29(13-12-28-10-6-7-11-28)25(31)26-20-8-4-3-5-9-20/h14-16,20H,3-13,17H2,1-2H3,(H,26,31)(H,27,30). The van der Waals surface area contributed by atoms with Crippen molar-refractivity contribution >= 4 is 16.9 Å². The minimum absolute atomic E-state index is 0.0760. The number of amides is 2. The molecule has 2 fully saturated rings. The number of hydrogen-bond donors (Lipinski definition) is 2. The van der Waals surface area contributed by atoms with E-state index >= 15 is 0 Å². The molecule has 1 aliphatic heterocycles. The molecule has 1 aromatic heterocycles. The highest BCUT2D eigenvalue weighted by atomic mass is 16.5. The molecule has 1 aliphatic carbocycles. The number of aromatic amines is 1. The van der Waals surface area contributed by atoms with Gasteiger partial charge in [-0.05, 0) is 50.9 Å². The predicted octanol–water partition coefficient (Wildman–Crippen LogP) is 3.49. The van der Waals surface area contributed by atoms with Crippen molar-refractivity contribution in [3.8, 4) is 11.5 Å². The molecule has 2 aromatic rings. The topological polar surface area (TPSA) is 86.9 Å². The van der Waals surface area contributed by atoms with Gasteiger partial charge in [0.25, 0.3) is 5.56 Å². The molecule has 4 rings (SSSR count). The molecule has 0 unspecified atom stereocenters. The Balaban J connectivity index is 1.55. The Morgan fingerprint density at radius 3 is 2.45 bits per heavy atom. The molecule has 180 valence electrons. The van der Waals surface area contributed by atoms with Crippen molar-refractivity contribution < 1.29 is 14.3 Å². The zero-order chi connectivity index (χ0) is 23.2. The third-order valence-corrected chi connectivity index (χ3v) is 6.89. The Morgan fingerprint density at radius 2 is 1.76 bits per heavy atom. The molecule has 1 saturated carbocycles. The number of ether oxygens (including phenoxy) is 2. The van der Waals surface area contributed by atoms with E-state index in [0.29, 0.717) is 29.1 Å². The van der Waals surface area contributed by atoms with Gasteiger partial charge in [-0.25, -0.2) is 4.79 Å². The first kappa shape index (κ1) is 23.4. The largest absolute Gasteiger partial charge is 0.493 e. The summed E-state index contributed by atoms with van der Waals surface area (Å²) in [6.07, 6.45) is 8.05. The quantitative estimate of drug-likeness (QED) is 0.635. The van der Waals surface area contributed by atoms with E-state index in [4.69, 9.17) is 9.47 Å². The highest BCUT2D eigenvalue weighted by molar-refractivity contribution is 5.83. The number of urea groups is 1. The average molecular weight is 457 g/mol. The van der Waals surface area contributed by atoms with Crippen LogP contribution < -0.4 is 20.3 Å². The second-order valence-electron chi connectivity index (χ2n) is 9.17. The fourth-order valence-electron chi connectivity index (χ4n) is 4.93. The predicted molar refractivity (Wildman–Crippen MR) is 129 cm³/mol. The molecule has 2 aliphatic rings. The SMILES string of the molecule is COc1cc2cc(CN(CCN3CCCC3)C(=O)NC3CCCCC3)c(=O)[nH]c2cc1OC. The van der Waals surface area contributed by atoms with Gasteiger partial charge in [-0.1, -0.05) is 19.3 Å². The number of benzene rings is 1. The third-order valence-electron chi connectivity index (χ3n) is 6.89. The second-order valence-corrected chi connectivity index (χ2v) is 9.17. The summed E-state index contributed by atoms with van der Waals surface area (Å²) in [4.78, 5) is 33.3. The lowest BCUT2D eigenvalue weighted by Gasteiger charge is -2.29. The van der Waals surface area contributed by atoms with Gasteiger partial charge in [-0.2, -0.15) is 0 Å². The summed E-state index contributed by atoms with van der Waals surface area (Å²) in [5, 5.41) is 4.07. The van der Waals surface area contributed by atoms with Crippen LogP contribution in [0.2, 0.25) is 0 Å². The molecule has 33 heavy (non-hydrogen) atoms. The lowest BCUT2D eigenvalue weighted by molar-refractivity contribution is 0.178. The summed E-state index contributed by atoms with van der Waals surface area (Å²) in [6.45, 7) is 3.86. The Bertz CT molecular complexity index is 1010. The van der Waals surface area contributed by atoms with Gasteiger partial charge < -0.3 is 29.6 Å². The number of rotatable bonds is 8. The number of aromatic nitrogens is 1. The number of nitrogens with one attached hydrogen (secondary N) is 2. The van der Waals surface area contributed by atoms with Crippen LogP contribution in [0.4, 0.5) is 4.79 Å². The molecule has 2 amide bonds. The normalized spacial score (nSPS) is 17.3. The van der Waals surface area contributed by atoms with Crippen molar-refractivity contribution in [3.05, 3.63) is 34.1 Å². The molecule has 0 spiro atoms. The summed E-state index contributed by atoms with van der Waals surface area (Å²) >= 11 is 0. The monoisotopic (exact) mass is 456 g/mol. The molecule has 2 N–H and O–H groups in total. The molecule has 1 saturated heterocycles. The number of nitrogens with zero attached hydrogens (tertiary/aromatic N) is 2. The molecular weight excluding hydrogens is 420 g/mol. The van der Waals surface area contributed by atoms with E-state index in [1.165, 1.54) is 19.3 Å². The van der Waals surface area contributed by atoms with E-state index in [9.17, 15) is 9.59 Å². The van der Waals surface area contributed by atoms with Gasteiger partial charge in [0.1, 0.15) is 0 Å². The molecule has 2 heterocycles. The van der Waals surface area contributed by atoms with Crippen LogP contribution in [0.3, 0.4) is 0 Å². The van der Waals surface area contributed by atoms with Crippen LogP contribution in [-0.4, -0.2) is 67.3 Å². The molecule has 8 nitrogen and oxygen atoms in total. The zero-order valence-electron chi connectivity index (χ0n) is 19.8. The number of likely N-dealkylation sites (tertiary alicyclic amines) is 1. The van der Waals surface area contributed by atoms with Gasteiger partial charge in [-0.3, -0.25) is 4.79 Å². The summed E-state index contributed by atoms with van der Waals surface area (Å²) in [5.41, 5.74) is 1.05. The van der Waals surface area contributed by atoms with Crippen LogP contribution in [-0.2, 0) is 6.54 Å². The number of carbonyl (C=O) groups excluding carboxylic acids is 1. The minimum atomic E-state index is -0.189. The summed E-state index contributed by atoms with van der Waals surface area (Å²) in [5.74, 6) is 1.16. The fraction of sp³-hybridized carbons (Fsp3) is 0.600. The van der Waals surface area contributed by atoms with E-state index in [0.717, 1.165) is 50.7 Å². The maximum absolute atomic E-state index is 13.2. The lowest BCUT2D eigenvalue weighted by atomic mass is 9.96. The minimum Gasteiger partial charge on any atom is -0.493 e. The highest BCUT2D eigenvalue weighted by Gasteiger charge is 2.22. The number of hydrogen-bond acceptors (Lipinski definition) is 5. The first-order chi connectivity index (χ1) is 16.1. The van der Waals surface area contributed by atoms with Crippen LogP contribution in [0.15, 0.2) is 23.0 Å². The van der Waals surface area contributed by atoms with Crippen molar-refractivity contribution in [1.82, 2.24) is 20.1 Å². The number of carbonyl (C=O) groups is 1. The van der Waals surface area contributed by atoms with Crippen molar-refractivity contribution in [3.63, 3.8) is 0 Å². The van der Waals surface area contributed by atoms with Gasteiger partial charge >= 0.3 is 6.03 Å². The van der Waals surface area contributed by atoms with E-state index in [1.807, 2.05) is 12.1 Å². The average Bonchev–Trinajstić information content (AvgIpc) is 3.35. The Hall–Kier alpha value is -2.74. The highest BCUT2D eigenvalue weighted by Crippen LogP contribution is 2.31. The summed E-state index contributed by atoms with van der Waals surface area (Å²) < 4.78 is 10.8. The third kappa shape index (κ3) is 5.79. The van der Waals surface area contributed by atoms with Gasteiger partial charge in [0.05, 0.1) is 26.3 Å². The molecule has 1 aromatic carbocycles. The van der Waals surface area contributed by atoms with Gasteiger partial charge in [0, 0.05) is 36.1 Å².